The topological polar surface area (TPSA) is 49.4 Å². The SMILES string of the molecule is O=C(/C=C/c1ccc(N2CCCC2=O)cc1)NCCc1cccs1. The van der Waals surface area contributed by atoms with Gasteiger partial charge in [-0.1, -0.05) is 18.2 Å². The van der Waals surface area contributed by atoms with Crippen LogP contribution in [-0.4, -0.2) is 24.9 Å². The molecule has 0 bridgehead atoms. The molecule has 2 heterocycles. The van der Waals surface area contributed by atoms with Gasteiger partial charge in [-0.3, -0.25) is 9.59 Å². The second-order valence-corrected chi connectivity index (χ2v) is 6.73. The maximum Gasteiger partial charge on any atom is 0.244 e. The fraction of sp³-hybridized carbons (Fsp3) is 0.263. The van der Waals surface area contributed by atoms with E-state index in [1.54, 1.807) is 23.5 Å². The maximum absolute atomic E-state index is 11.8. The maximum atomic E-state index is 11.8. The van der Waals surface area contributed by atoms with Gasteiger partial charge in [0.05, 0.1) is 0 Å². The molecule has 2 amide bonds. The van der Waals surface area contributed by atoms with Crippen molar-refractivity contribution in [1.82, 2.24) is 5.32 Å². The van der Waals surface area contributed by atoms with Crippen molar-refractivity contribution < 1.29 is 9.59 Å². The Hall–Kier alpha value is -2.40. The normalized spacial score (nSPS) is 14.5. The first kappa shape index (κ1) is 16.5. The van der Waals surface area contributed by atoms with Crippen LogP contribution < -0.4 is 10.2 Å². The molecule has 24 heavy (non-hydrogen) atoms. The molecular weight excluding hydrogens is 320 g/mol. The number of hydrogen-bond acceptors (Lipinski definition) is 3. The van der Waals surface area contributed by atoms with Gasteiger partial charge in [0.15, 0.2) is 0 Å². The zero-order valence-corrected chi connectivity index (χ0v) is 14.2. The third-order valence-electron chi connectivity index (χ3n) is 3.96. The van der Waals surface area contributed by atoms with Gasteiger partial charge in [0, 0.05) is 36.2 Å². The second kappa shape index (κ2) is 7.93. The third kappa shape index (κ3) is 4.32. The number of thiophene rings is 1. The summed E-state index contributed by atoms with van der Waals surface area (Å²) in [5.74, 6) is 0.0914. The lowest BCUT2D eigenvalue weighted by Crippen LogP contribution is -2.23. The highest BCUT2D eigenvalue weighted by molar-refractivity contribution is 7.09. The van der Waals surface area contributed by atoms with Crippen LogP contribution in [0, 0.1) is 0 Å². The fourth-order valence-corrected chi connectivity index (χ4v) is 3.39. The predicted molar refractivity (Wildman–Crippen MR) is 98.1 cm³/mol. The van der Waals surface area contributed by atoms with Crippen LogP contribution in [0.5, 0.6) is 0 Å². The molecule has 0 radical (unpaired) electrons. The van der Waals surface area contributed by atoms with Crippen LogP contribution >= 0.6 is 11.3 Å². The van der Waals surface area contributed by atoms with Crippen LogP contribution in [0.2, 0.25) is 0 Å². The molecule has 0 aliphatic carbocycles. The highest BCUT2D eigenvalue weighted by atomic mass is 32.1. The molecule has 1 aliphatic rings. The molecule has 1 N–H and O–H groups in total. The minimum Gasteiger partial charge on any atom is -0.352 e. The number of hydrogen-bond donors (Lipinski definition) is 1. The summed E-state index contributed by atoms with van der Waals surface area (Å²) in [6.45, 7) is 1.43. The lowest BCUT2D eigenvalue weighted by molar-refractivity contribution is -0.117. The molecule has 0 unspecified atom stereocenters. The number of nitrogens with zero attached hydrogens (tertiary/aromatic N) is 1. The number of carbonyl (C=O) groups excluding carboxylic acids is 2. The number of carbonyl (C=O) groups is 2. The lowest BCUT2D eigenvalue weighted by atomic mass is 10.2. The molecule has 5 heteroatoms. The monoisotopic (exact) mass is 340 g/mol. The van der Waals surface area contributed by atoms with Gasteiger partial charge in [-0.05, 0) is 48.1 Å². The summed E-state index contributed by atoms with van der Waals surface area (Å²) in [4.78, 5) is 26.6. The molecule has 1 aromatic heterocycles. The highest BCUT2D eigenvalue weighted by Gasteiger charge is 2.21. The Labute approximate surface area is 145 Å². The summed E-state index contributed by atoms with van der Waals surface area (Å²) in [5, 5.41) is 4.92. The molecule has 1 aromatic carbocycles. The smallest absolute Gasteiger partial charge is 0.244 e. The van der Waals surface area contributed by atoms with Gasteiger partial charge in [0.25, 0.3) is 0 Å². The minimum atomic E-state index is -0.0923. The van der Waals surface area contributed by atoms with E-state index in [4.69, 9.17) is 0 Å². The summed E-state index contributed by atoms with van der Waals surface area (Å²) < 4.78 is 0. The van der Waals surface area contributed by atoms with Gasteiger partial charge in [-0.25, -0.2) is 0 Å². The molecule has 3 rings (SSSR count). The summed E-state index contributed by atoms with van der Waals surface area (Å²) >= 11 is 1.70. The van der Waals surface area contributed by atoms with Crippen LogP contribution in [0.15, 0.2) is 47.9 Å². The number of nitrogens with one attached hydrogen (secondary N) is 1. The first-order valence-corrected chi connectivity index (χ1v) is 8.99. The van der Waals surface area contributed by atoms with Crippen molar-refractivity contribution in [3.63, 3.8) is 0 Å². The van der Waals surface area contributed by atoms with Crippen molar-refractivity contribution in [3.05, 3.63) is 58.3 Å². The Morgan fingerprint density at radius 1 is 1.25 bits per heavy atom. The van der Waals surface area contributed by atoms with Gasteiger partial charge in [-0.15, -0.1) is 11.3 Å². The lowest BCUT2D eigenvalue weighted by Gasteiger charge is -2.15. The van der Waals surface area contributed by atoms with E-state index in [1.807, 2.05) is 40.6 Å². The molecule has 124 valence electrons. The minimum absolute atomic E-state index is 0.0923. The van der Waals surface area contributed by atoms with Gasteiger partial charge in [0.1, 0.15) is 0 Å². The molecule has 1 fully saturated rings. The van der Waals surface area contributed by atoms with E-state index in [2.05, 4.69) is 11.4 Å². The van der Waals surface area contributed by atoms with Crippen molar-refractivity contribution in [2.75, 3.05) is 18.0 Å². The number of rotatable bonds is 6. The second-order valence-electron chi connectivity index (χ2n) is 5.69. The summed E-state index contributed by atoms with van der Waals surface area (Å²) in [7, 11) is 0. The van der Waals surface area contributed by atoms with Gasteiger partial charge in [0.2, 0.25) is 11.8 Å². The Balaban J connectivity index is 1.48. The summed E-state index contributed by atoms with van der Waals surface area (Å²) in [6.07, 6.45) is 5.75. The van der Waals surface area contributed by atoms with Crippen molar-refractivity contribution >= 4 is 34.9 Å². The highest BCUT2D eigenvalue weighted by Crippen LogP contribution is 2.21. The van der Waals surface area contributed by atoms with Crippen molar-refractivity contribution in [3.8, 4) is 0 Å². The molecule has 4 nitrogen and oxygen atoms in total. The van der Waals surface area contributed by atoms with Crippen LogP contribution in [-0.2, 0) is 16.0 Å². The van der Waals surface area contributed by atoms with Crippen molar-refractivity contribution in [2.24, 2.45) is 0 Å². The number of benzene rings is 1. The Bertz CT molecular complexity index is 720. The Morgan fingerprint density at radius 3 is 2.75 bits per heavy atom. The van der Waals surface area contributed by atoms with Gasteiger partial charge < -0.3 is 10.2 Å². The first-order chi connectivity index (χ1) is 11.7. The molecule has 0 spiro atoms. The molecule has 0 saturated carbocycles. The van der Waals surface area contributed by atoms with Crippen molar-refractivity contribution in [2.45, 2.75) is 19.3 Å². The van der Waals surface area contributed by atoms with E-state index >= 15 is 0 Å². The van der Waals surface area contributed by atoms with E-state index in [0.29, 0.717) is 13.0 Å². The predicted octanol–water partition coefficient (Wildman–Crippen LogP) is 3.25. The van der Waals surface area contributed by atoms with Gasteiger partial charge >= 0.3 is 0 Å². The van der Waals surface area contributed by atoms with Crippen molar-refractivity contribution in [1.29, 1.82) is 0 Å². The van der Waals surface area contributed by atoms with Crippen LogP contribution in [0.4, 0.5) is 5.69 Å². The molecule has 1 saturated heterocycles. The van der Waals surface area contributed by atoms with E-state index in [-0.39, 0.29) is 11.8 Å². The number of amides is 2. The third-order valence-corrected chi connectivity index (χ3v) is 4.89. The molecule has 1 aliphatic heterocycles. The average molecular weight is 340 g/mol. The van der Waals surface area contributed by atoms with E-state index in [1.165, 1.54) is 4.88 Å². The quantitative estimate of drug-likeness (QED) is 0.821. The zero-order chi connectivity index (χ0) is 16.8. The standard InChI is InChI=1S/C19H20N2O2S/c22-18(20-12-11-17-3-2-14-24-17)10-7-15-5-8-16(9-6-15)21-13-1-4-19(21)23/h2-3,5-10,14H,1,4,11-13H2,(H,20,22)/b10-7+. The molecular formula is C19H20N2O2S. The van der Waals surface area contributed by atoms with Crippen LogP contribution in [0.3, 0.4) is 0 Å². The Morgan fingerprint density at radius 2 is 2.08 bits per heavy atom. The first-order valence-electron chi connectivity index (χ1n) is 8.11. The molecule has 0 atom stereocenters. The van der Waals surface area contributed by atoms with Gasteiger partial charge in [-0.2, -0.15) is 0 Å². The van der Waals surface area contributed by atoms with Crippen LogP contribution in [0.1, 0.15) is 23.3 Å². The summed E-state index contributed by atoms with van der Waals surface area (Å²) in [6, 6.07) is 11.8. The van der Waals surface area contributed by atoms with E-state index in [9.17, 15) is 9.59 Å². The average Bonchev–Trinajstić information content (AvgIpc) is 3.25. The summed E-state index contributed by atoms with van der Waals surface area (Å²) in [5.41, 5.74) is 1.87. The van der Waals surface area contributed by atoms with E-state index < -0.39 is 0 Å². The van der Waals surface area contributed by atoms with E-state index in [0.717, 1.165) is 30.6 Å². The van der Waals surface area contributed by atoms with Crippen LogP contribution in [0.25, 0.3) is 6.08 Å². The fourth-order valence-electron chi connectivity index (χ4n) is 2.68. The molecule has 2 aromatic rings. The zero-order valence-electron chi connectivity index (χ0n) is 13.4. The largest absolute Gasteiger partial charge is 0.352 e. The Kier molecular flexibility index (Phi) is 5.43. The number of anilines is 1.